The van der Waals surface area contributed by atoms with Crippen molar-refractivity contribution in [2.24, 2.45) is 0 Å². The lowest BCUT2D eigenvalue weighted by atomic mass is 10.1. The van der Waals surface area contributed by atoms with Crippen LogP contribution in [0.2, 0.25) is 0 Å². The van der Waals surface area contributed by atoms with Gasteiger partial charge in [-0.1, -0.05) is 17.7 Å². The standard InChI is InChI=1S/C16H16N2O3/c1-10-3-8-14(11(2)9-10)18-16(21)15(20)17-12-4-6-13(19)7-5-12/h3-9,19H,1-2H3,(H,17,20)(H,18,21). The van der Waals surface area contributed by atoms with Crippen molar-refractivity contribution in [1.29, 1.82) is 0 Å². The highest BCUT2D eigenvalue weighted by Gasteiger charge is 2.14. The van der Waals surface area contributed by atoms with Crippen LogP contribution >= 0.6 is 0 Å². The lowest BCUT2D eigenvalue weighted by Gasteiger charge is -2.09. The first kappa shape index (κ1) is 14.6. The van der Waals surface area contributed by atoms with Crippen molar-refractivity contribution >= 4 is 23.2 Å². The smallest absolute Gasteiger partial charge is 0.314 e. The maximum absolute atomic E-state index is 11.8. The molecule has 0 aliphatic carbocycles. The number of rotatable bonds is 2. The van der Waals surface area contributed by atoms with Gasteiger partial charge < -0.3 is 15.7 Å². The van der Waals surface area contributed by atoms with Gasteiger partial charge in [0.25, 0.3) is 0 Å². The predicted octanol–water partition coefficient (Wildman–Crippen LogP) is 2.59. The third-order valence-corrected chi connectivity index (χ3v) is 2.96. The summed E-state index contributed by atoms with van der Waals surface area (Å²) in [5, 5.41) is 14.2. The van der Waals surface area contributed by atoms with Crippen molar-refractivity contribution in [2.45, 2.75) is 13.8 Å². The number of phenolic OH excluding ortho intramolecular Hbond substituents is 1. The molecule has 2 aromatic rings. The van der Waals surface area contributed by atoms with E-state index in [2.05, 4.69) is 10.6 Å². The number of aryl methyl sites for hydroxylation is 2. The van der Waals surface area contributed by atoms with Crippen LogP contribution in [0.25, 0.3) is 0 Å². The summed E-state index contributed by atoms with van der Waals surface area (Å²) in [7, 11) is 0. The molecule has 2 rings (SSSR count). The van der Waals surface area contributed by atoms with E-state index >= 15 is 0 Å². The van der Waals surface area contributed by atoms with Crippen LogP contribution in [0.5, 0.6) is 5.75 Å². The summed E-state index contributed by atoms with van der Waals surface area (Å²) in [5.41, 5.74) is 3.01. The van der Waals surface area contributed by atoms with Crippen molar-refractivity contribution in [3.8, 4) is 5.75 Å². The van der Waals surface area contributed by atoms with Crippen molar-refractivity contribution in [2.75, 3.05) is 10.6 Å². The molecule has 3 N–H and O–H groups in total. The lowest BCUT2D eigenvalue weighted by molar-refractivity contribution is -0.133. The Morgan fingerprint density at radius 3 is 2.14 bits per heavy atom. The molecular formula is C16H16N2O3. The Bertz CT molecular complexity index is 678. The minimum absolute atomic E-state index is 0.0905. The van der Waals surface area contributed by atoms with E-state index in [9.17, 15) is 9.59 Å². The fourth-order valence-corrected chi connectivity index (χ4v) is 1.87. The lowest BCUT2D eigenvalue weighted by Crippen LogP contribution is -2.29. The highest BCUT2D eigenvalue weighted by Crippen LogP contribution is 2.16. The minimum Gasteiger partial charge on any atom is -0.508 e. The van der Waals surface area contributed by atoms with Crippen molar-refractivity contribution < 1.29 is 14.7 Å². The fourth-order valence-electron chi connectivity index (χ4n) is 1.87. The number of hydrogen-bond donors (Lipinski definition) is 3. The van der Waals surface area contributed by atoms with Gasteiger partial charge >= 0.3 is 11.8 Å². The summed E-state index contributed by atoms with van der Waals surface area (Å²) >= 11 is 0. The summed E-state index contributed by atoms with van der Waals surface area (Å²) in [6, 6.07) is 11.4. The van der Waals surface area contributed by atoms with E-state index in [1.807, 2.05) is 26.0 Å². The first-order chi connectivity index (χ1) is 9.95. The Hall–Kier alpha value is -2.82. The van der Waals surface area contributed by atoms with Gasteiger partial charge in [-0.05, 0) is 49.7 Å². The monoisotopic (exact) mass is 284 g/mol. The quantitative estimate of drug-likeness (QED) is 0.586. The molecule has 0 radical (unpaired) electrons. The molecule has 0 aliphatic rings. The van der Waals surface area contributed by atoms with Gasteiger partial charge in [0.15, 0.2) is 0 Å². The molecule has 0 bridgehead atoms. The molecule has 21 heavy (non-hydrogen) atoms. The van der Waals surface area contributed by atoms with Crippen molar-refractivity contribution in [3.63, 3.8) is 0 Å². The van der Waals surface area contributed by atoms with E-state index in [4.69, 9.17) is 5.11 Å². The molecule has 0 aliphatic heterocycles. The van der Waals surface area contributed by atoms with Gasteiger partial charge in [-0.2, -0.15) is 0 Å². The summed E-state index contributed by atoms with van der Waals surface area (Å²) in [6.45, 7) is 3.82. The van der Waals surface area contributed by atoms with Gasteiger partial charge in [-0.15, -0.1) is 0 Å². The highest BCUT2D eigenvalue weighted by atomic mass is 16.3. The second kappa shape index (κ2) is 6.09. The number of nitrogens with one attached hydrogen (secondary N) is 2. The highest BCUT2D eigenvalue weighted by molar-refractivity contribution is 6.43. The zero-order valence-electron chi connectivity index (χ0n) is 11.8. The zero-order chi connectivity index (χ0) is 15.4. The average Bonchev–Trinajstić information content (AvgIpc) is 2.44. The van der Waals surface area contributed by atoms with Gasteiger partial charge in [-0.25, -0.2) is 0 Å². The van der Waals surface area contributed by atoms with Crippen LogP contribution in [-0.2, 0) is 9.59 Å². The Morgan fingerprint density at radius 2 is 1.52 bits per heavy atom. The molecule has 0 atom stereocenters. The van der Waals surface area contributed by atoms with E-state index in [0.29, 0.717) is 11.4 Å². The number of phenols is 1. The van der Waals surface area contributed by atoms with E-state index in [1.54, 1.807) is 6.07 Å². The van der Waals surface area contributed by atoms with E-state index in [-0.39, 0.29) is 5.75 Å². The second-order valence-electron chi connectivity index (χ2n) is 4.77. The molecule has 5 nitrogen and oxygen atoms in total. The molecule has 2 aromatic carbocycles. The number of hydrogen-bond acceptors (Lipinski definition) is 3. The molecule has 0 saturated heterocycles. The summed E-state index contributed by atoms with van der Waals surface area (Å²) in [4.78, 5) is 23.6. The van der Waals surface area contributed by atoms with Gasteiger partial charge in [0.2, 0.25) is 0 Å². The second-order valence-corrected chi connectivity index (χ2v) is 4.77. The van der Waals surface area contributed by atoms with Crippen LogP contribution in [0.3, 0.4) is 0 Å². The largest absolute Gasteiger partial charge is 0.508 e. The van der Waals surface area contributed by atoms with Gasteiger partial charge in [0.05, 0.1) is 0 Å². The van der Waals surface area contributed by atoms with Gasteiger partial charge in [0.1, 0.15) is 5.75 Å². The maximum Gasteiger partial charge on any atom is 0.314 e. The Labute approximate surface area is 122 Å². The number of amides is 2. The van der Waals surface area contributed by atoms with Crippen molar-refractivity contribution in [1.82, 2.24) is 0 Å². The summed E-state index contributed by atoms with van der Waals surface area (Å²) in [6.07, 6.45) is 0. The van der Waals surface area contributed by atoms with Crippen LogP contribution in [0.4, 0.5) is 11.4 Å². The van der Waals surface area contributed by atoms with Crippen LogP contribution in [0.15, 0.2) is 42.5 Å². The number of carbonyl (C=O) groups is 2. The number of anilines is 2. The molecule has 0 saturated carbocycles. The van der Waals surface area contributed by atoms with E-state index < -0.39 is 11.8 Å². The third-order valence-electron chi connectivity index (χ3n) is 2.96. The maximum atomic E-state index is 11.8. The molecular weight excluding hydrogens is 268 g/mol. The fraction of sp³-hybridized carbons (Fsp3) is 0.125. The first-order valence-electron chi connectivity index (χ1n) is 6.44. The number of aromatic hydroxyl groups is 1. The molecule has 2 amide bonds. The van der Waals surface area contributed by atoms with Gasteiger partial charge in [-0.3, -0.25) is 9.59 Å². The van der Waals surface area contributed by atoms with E-state index in [0.717, 1.165) is 11.1 Å². The van der Waals surface area contributed by atoms with Crippen LogP contribution in [-0.4, -0.2) is 16.9 Å². The van der Waals surface area contributed by atoms with E-state index in [1.165, 1.54) is 24.3 Å². The molecule has 0 heterocycles. The summed E-state index contributed by atoms with van der Waals surface area (Å²) in [5.74, 6) is -1.41. The molecule has 108 valence electrons. The van der Waals surface area contributed by atoms with Crippen LogP contribution in [0, 0.1) is 13.8 Å². The van der Waals surface area contributed by atoms with Crippen LogP contribution in [0.1, 0.15) is 11.1 Å². The molecule has 0 aromatic heterocycles. The molecule has 5 heteroatoms. The minimum atomic E-state index is -0.763. The van der Waals surface area contributed by atoms with Gasteiger partial charge in [0, 0.05) is 11.4 Å². The normalized spacial score (nSPS) is 10.0. The molecule has 0 spiro atoms. The SMILES string of the molecule is Cc1ccc(NC(=O)C(=O)Nc2ccc(O)cc2)c(C)c1. The number of benzene rings is 2. The Kier molecular flexibility index (Phi) is 4.23. The molecule has 0 unspecified atom stereocenters. The average molecular weight is 284 g/mol. The zero-order valence-corrected chi connectivity index (χ0v) is 11.8. The topological polar surface area (TPSA) is 78.4 Å². The van der Waals surface area contributed by atoms with Crippen LogP contribution < -0.4 is 10.6 Å². The molecule has 0 fully saturated rings. The first-order valence-corrected chi connectivity index (χ1v) is 6.44. The predicted molar refractivity (Wildman–Crippen MR) is 81.3 cm³/mol. The number of carbonyl (C=O) groups excluding carboxylic acids is 2. The Morgan fingerprint density at radius 1 is 0.905 bits per heavy atom. The van der Waals surface area contributed by atoms with Crippen molar-refractivity contribution in [3.05, 3.63) is 53.6 Å². The Balaban J connectivity index is 2.02. The third kappa shape index (κ3) is 3.82. The summed E-state index contributed by atoms with van der Waals surface area (Å²) < 4.78 is 0.